The van der Waals surface area contributed by atoms with Gasteiger partial charge in [0.15, 0.2) is 5.82 Å². The molecule has 4 nitrogen and oxygen atoms in total. The number of aryl methyl sites for hydroxylation is 1. The first kappa shape index (κ1) is 6.91. The van der Waals surface area contributed by atoms with Crippen molar-refractivity contribution in [1.29, 1.82) is 0 Å². The summed E-state index contributed by atoms with van der Waals surface area (Å²) < 4.78 is 23.4. The first-order valence-corrected chi connectivity index (χ1v) is 2.52. The van der Waals surface area contributed by atoms with Gasteiger partial charge < -0.3 is 0 Å². The minimum absolute atomic E-state index is 0.282. The molecule has 0 N–H and O–H groups in total. The Morgan fingerprint density at radius 1 is 1.10 bits per heavy atom. The molecule has 0 amide bonds. The van der Waals surface area contributed by atoms with E-state index in [1.165, 1.54) is 6.92 Å². The molecule has 0 atom stereocenters. The smallest absolute Gasteiger partial charge is 0.201 e. The number of hydrogen-bond donors (Lipinski definition) is 0. The molecule has 0 aromatic carbocycles. The van der Waals surface area contributed by atoms with Crippen LogP contribution in [-0.2, 0) is 0 Å². The Balaban J connectivity index is 2.89. The third-order valence-electron chi connectivity index (χ3n) is 0.790. The van der Waals surface area contributed by atoms with Crippen molar-refractivity contribution in [3.8, 4) is 0 Å². The minimum Gasteiger partial charge on any atom is -0.201 e. The summed E-state index contributed by atoms with van der Waals surface area (Å²) in [5.74, 6) is -0.352. The van der Waals surface area contributed by atoms with E-state index in [1.54, 1.807) is 0 Å². The van der Waals surface area contributed by atoms with Crippen molar-refractivity contribution in [3.05, 3.63) is 11.6 Å². The van der Waals surface area contributed by atoms with E-state index in [2.05, 4.69) is 20.4 Å². The normalized spacial score (nSPS) is 10.4. The first-order chi connectivity index (χ1) is 4.70. The molecule has 0 aliphatic rings. The maximum atomic E-state index is 11.7. The molecule has 1 rings (SSSR count). The topological polar surface area (TPSA) is 51.6 Å². The van der Waals surface area contributed by atoms with Crippen molar-refractivity contribution >= 4 is 0 Å². The molecule has 0 radical (unpaired) electrons. The highest BCUT2D eigenvalue weighted by molar-refractivity contribution is 4.80. The number of aromatic nitrogens is 4. The highest BCUT2D eigenvalue weighted by Gasteiger charge is 2.10. The molecular weight excluding hydrogens is 142 g/mol. The largest absolute Gasteiger partial charge is 0.300 e. The standard InChI is InChI=1S/C4H4F2N4/c1-2-7-9-4(3(5)6)10-8-2/h3H,1H3. The van der Waals surface area contributed by atoms with Gasteiger partial charge in [0.2, 0.25) is 5.82 Å². The van der Waals surface area contributed by atoms with Gasteiger partial charge in [0.05, 0.1) is 0 Å². The van der Waals surface area contributed by atoms with E-state index in [1.807, 2.05) is 0 Å². The van der Waals surface area contributed by atoms with Crippen LogP contribution in [0.4, 0.5) is 8.78 Å². The van der Waals surface area contributed by atoms with Crippen molar-refractivity contribution in [1.82, 2.24) is 20.4 Å². The van der Waals surface area contributed by atoms with Crippen molar-refractivity contribution < 1.29 is 8.78 Å². The van der Waals surface area contributed by atoms with Gasteiger partial charge in [-0.1, -0.05) is 0 Å². The molecule has 6 heteroatoms. The Morgan fingerprint density at radius 2 is 1.60 bits per heavy atom. The first-order valence-electron chi connectivity index (χ1n) is 2.52. The summed E-state index contributed by atoms with van der Waals surface area (Å²) in [6.45, 7) is 1.52. The van der Waals surface area contributed by atoms with E-state index in [0.29, 0.717) is 0 Å². The van der Waals surface area contributed by atoms with Crippen LogP contribution in [0.3, 0.4) is 0 Å². The Labute approximate surface area is 55.3 Å². The Morgan fingerprint density at radius 3 is 2.00 bits per heavy atom. The summed E-state index contributed by atoms with van der Waals surface area (Å²) in [5.41, 5.74) is 0. The van der Waals surface area contributed by atoms with E-state index >= 15 is 0 Å². The highest BCUT2D eigenvalue weighted by Crippen LogP contribution is 2.10. The summed E-state index contributed by atoms with van der Waals surface area (Å²) in [7, 11) is 0. The van der Waals surface area contributed by atoms with Crippen LogP contribution >= 0.6 is 0 Å². The van der Waals surface area contributed by atoms with Crippen LogP contribution in [0.15, 0.2) is 0 Å². The number of halogens is 2. The van der Waals surface area contributed by atoms with Crippen LogP contribution < -0.4 is 0 Å². The molecule has 0 spiro atoms. The quantitative estimate of drug-likeness (QED) is 0.579. The molecular formula is C4H4F2N4. The maximum absolute atomic E-state index is 11.7. The van der Waals surface area contributed by atoms with E-state index in [-0.39, 0.29) is 5.82 Å². The number of nitrogens with zero attached hydrogens (tertiary/aromatic N) is 4. The molecule has 54 valence electrons. The lowest BCUT2D eigenvalue weighted by atomic mass is 10.6. The van der Waals surface area contributed by atoms with Crippen LogP contribution in [0.2, 0.25) is 0 Å². The van der Waals surface area contributed by atoms with Crippen molar-refractivity contribution in [2.24, 2.45) is 0 Å². The second kappa shape index (κ2) is 2.59. The summed E-state index contributed by atoms with van der Waals surface area (Å²) in [5, 5.41) is 12.8. The summed E-state index contributed by atoms with van der Waals surface area (Å²) in [4.78, 5) is 0. The van der Waals surface area contributed by atoms with Crippen LogP contribution in [0, 0.1) is 6.92 Å². The van der Waals surface area contributed by atoms with Gasteiger partial charge in [-0.2, -0.15) is 0 Å². The van der Waals surface area contributed by atoms with Gasteiger partial charge in [0, 0.05) is 0 Å². The zero-order valence-electron chi connectivity index (χ0n) is 5.12. The lowest BCUT2D eigenvalue weighted by Crippen LogP contribution is -2.02. The van der Waals surface area contributed by atoms with Gasteiger partial charge in [-0.15, -0.1) is 20.4 Å². The SMILES string of the molecule is Cc1nnc(C(F)F)nn1. The highest BCUT2D eigenvalue weighted by atomic mass is 19.3. The molecule has 0 bridgehead atoms. The van der Waals surface area contributed by atoms with Gasteiger partial charge in [-0.25, -0.2) is 8.78 Å². The Kier molecular flexibility index (Phi) is 1.79. The maximum Gasteiger partial charge on any atom is 0.300 e. The molecule has 0 saturated heterocycles. The van der Waals surface area contributed by atoms with Crippen LogP contribution in [0.1, 0.15) is 18.1 Å². The average Bonchev–Trinajstić information content (AvgIpc) is 1.88. The molecule has 0 aliphatic carbocycles. The van der Waals surface area contributed by atoms with Crippen molar-refractivity contribution in [3.63, 3.8) is 0 Å². The number of alkyl halides is 2. The molecule has 0 aliphatic heterocycles. The lowest BCUT2D eigenvalue weighted by molar-refractivity contribution is 0.137. The fourth-order valence-corrected chi connectivity index (χ4v) is 0.374. The molecule has 1 aromatic heterocycles. The fourth-order valence-electron chi connectivity index (χ4n) is 0.374. The Bertz CT molecular complexity index is 209. The van der Waals surface area contributed by atoms with Crippen molar-refractivity contribution in [2.75, 3.05) is 0 Å². The van der Waals surface area contributed by atoms with E-state index in [0.717, 1.165) is 0 Å². The second-order valence-electron chi connectivity index (χ2n) is 1.61. The minimum atomic E-state index is -2.69. The van der Waals surface area contributed by atoms with Gasteiger partial charge >= 0.3 is 6.43 Å². The third-order valence-corrected chi connectivity index (χ3v) is 0.790. The van der Waals surface area contributed by atoms with Gasteiger partial charge in [-0.3, -0.25) is 0 Å². The fraction of sp³-hybridized carbons (Fsp3) is 0.500. The van der Waals surface area contributed by atoms with Gasteiger partial charge in [-0.05, 0) is 6.92 Å². The summed E-state index contributed by atoms with van der Waals surface area (Å²) in [6, 6.07) is 0. The second-order valence-corrected chi connectivity index (χ2v) is 1.61. The lowest BCUT2D eigenvalue weighted by Gasteiger charge is -1.92. The van der Waals surface area contributed by atoms with Gasteiger partial charge in [0.25, 0.3) is 0 Å². The number of hydrogen-bond acceptors (Lipinski definition) is 4. The molecule has 10 heavy (non-hydrogen) atoms. The molecule has 1 heterocycles. The summed E-state index contributed by atoms with van der Waals surface area (Å²) in [6.07, 6.45) is -2.69. The van der Waals surface area contributed by atoms with Crippen LogP contribution in [-0.4, -0.2) is 20.4 Å². The zero-order valence-corrected chi connectivity index (χ0v) is 5.12. The van der Waals surface area contributed by atoms with E-state index < -0.39 is 12.2 Å². The Hall–Kier alpha value is -1.20. The van der Waals surface area contributed by atoms with Crippen molar-refractivity contribution in [2.45, 2.75) is 13.3 Å². The third kappa shape index (κ3) is 1.40. The van der Waals surface area contributed by atoms with Gasteiger partial charge in [0.1, 0.15) is 0 Å². The van der Waals surface area contributed by atoms with Crippen LogP contribution in [0.5, 0.6) is 0 Å². The average molecular weight is 146 g/mol. The molecule has 1 aromatic rings. The predicted octanol–water partition coefficient (Wildman–Crippen LogP) is 0.513. The predicted molar refractivity (Wildman–Crippen MR) is 27.3 cm³/mol. The van der Waals surface area contributed by atoms with Crippen LogP contribution in [0.25, 0.3) is 0 Å². The monoisotopic (exact) mass is 146 g/mol. The van der Waals surface area contributed by atoms with E-state index in [4.69, 9.17) is 0 Å². The molecule has 0 unspecified atom stereocenters. The number of rotatable bonds is 1. The zero-order chi connectivity index (χ0) is 7.56. The molecule has 0 fully saturated rings. The van der Waals surface area contributed by atoms with E-state index in [9.17, 15) is 8.78 Å². The summed E-state index contributed by atoms with van der Waals surface area (Å²) >= 11 is 0. The molecule has 0 saturated carbocycles.